The van der Waals surface area contributed by atoms with E-state index in [-0.39, 0.29) is 19.5 Å². The Morgan fingerprint density at radius 2 is 1.15 bits per heavy atom. The van der Waals surface area contributed by atoms with Crippen LogP contribution in [0.25, 0.3) is 11.4 Å². The van der Waals surface area contributed by atoms with Crippen LogP contribution in [-0.4, -0.2) is 9.97 Å². The quantitative estimate of drug-likeness (QED) is 0.733. The first-order valence-electron chi connectivity index (χ1n) is 3.79. The monoisotopic (exact) mass is 259 g/mol. The van der Waals surface area contributed by atoms with Crippen molar-refractivity contribution in [2.45, 2.75) is 0 Å². The first-order chi connectivity index (χ1) is 5.97. The van der Waals surface area contributed by atoms with Crippen LogP contribution in [0.2, 0.25) is 0 Å². The number of hydrogen-bond donors (Lipinski definition) is 0. The average molecular weight is 259 g/mol. The molecular formula is C10H8N2Rh+2. The molecule has 0 aliphatic heterocycles. The summed E-state index contributed by atoms with van der Waals surface area (Å²) in [6.07, 6.45) is 3.54. The van der Waals surface area contributed by atoms with Gasteiger partial charge in [-0.1, -0.05) is 12.1 Å². The summed E-state index contributed by atoms with van der Waals surface area (Å²) in [6.45, 7) is 0. The van der Waals surface area contributed by atoms with E-state index in [0.29, 0.717) is 0 Å². The average Bonchev–Trinajstić information content (AvgIpc) is 2.21. The fourth-order valence-corrected chi connectivity index (χ4v) is 1.03. The van der Waals surface area contributed by atoms with Crippen LogP contribution in [0.3, 0.4) is 0 Å². The van der Waals surface area contributed by atoms with Crippen LogP contribution in [0.15, 0.2) is 48.8 Å². The summed E-state index contributed by atoms with van der Waals surface area (Å²) in [5.74, 6) is 0. The standard InChI is InChI=1S/C10H8N2.Rh/c1-3-7-11-9(5-1)10-6-2-4-8-12-10;/h1-8H;/q;+2. The molecule has 0 atom stereocenters. The molecule has 65 valence electrons. The van der Waals surface area contributed by atoms with Crippen molar-refractivity contribution in [2.24, 2.45) is 0 Å². The van der Waals surface area contributed by atoms with Crippen molar-refractivity contribution < 1.29 is 19.5 Å². The second kappa shape index (κ2) is 4.83. The predicted octanol–water partition coefficient (Wildman–Crippen LogP) is 2.14. The molecule has 2 aromatic rings. The molecule has 0 unspecified atom stereocenters. The molecule has 0 aliphatic rings. The minimum absolute atomic E-state index is 0. The summed E-state index contributed by atoms with van der Waals surface area (Å²) in [5, 5.41) is 0. The van der Waals surface area contributed by atoms with Gasteiger partial charge in [-0.15, -0.1) is 0 Å². The van der Waals surface area contributed by atoms with Gasteiger partial charge in [0, 0.05) is 12.4 Å². The third-order valence-corrected chi connectivity index (χ3v) is 1.59. The largest absolute Gasteiger partial charge is 2.00 e. The van der Waals surface area contributed by atoms with Crippen LogP contribution >= 0.6 is 0 Å². The molecular weight excluding hydrogens is 251 g/mol. The van der Waals surface area contributed by atoms with Gasteiger partial charge in [0.05, 0.1) is 11.4 Å². The van der Waals surface area contributed by atoms with Gasteiger partial charge in [-0.05, 0) is 24.3 Å². The SMILES string of the molecule is [Rh+2].c1ccc(-c2ccccn2)nc1. The summed E-state index contributed by atoms with van der Waals surface area (Å²) < 4.78 is 0. The second-order valence-corrected chi connectivity index (χ2v) is 2.43. The fraction of sp³-hybridized carbons (Fsp3) is 0. The van der Waals surface area contributed by atoms with Crippen LogP contribution in [0.5, 0.6) is 0 Å². The van der Waals surface area contributed by atoms with Crippen molar-refractivity contribution in [1.82, 2.24) is 9.97 Å². The van der Waals surface area contributed by atoms with Gasteiger partial charge in [0.15, 0.2) is 0 Å². The van der Waals surface area contributed by atoms with E-state index < -0.39 is 0 Å². The molecule has 0 saturated heterocycles. The first kappa shape index (κ1) is 10.0. The van der Waals surface area contributed by atoms with E-state index in [2.05, 4.69) is 9.97 Å². The van der Waals surface area contributed by atoms with Gasteiger partial charge in [-0.2, -0.15) is 0 Å². The minimum atomic E-state index is 0. The number of aromatic nitrogens is 2. The van der Waals surface area contributed by atoms with E-state index in [1.165, 1.54) is 0 Å². The Balaban J connectivity index is 0.000000845. The molecule has 0 fully saturated rings. The molecule has 0 aliphatic carbocycles. The molecule has 3 heteroatoms. The van der Waals surface area contributed by atoms with Gasteiger partial charge in [-0.3, -0.25) is 9.97 Å². The van der Waals surface area contributed by atoms with Crippen LogP contribution in [-0.2, 0) is 19.5 Å². The number of pyridine rings is 2. The maximum Gasteiger partial charge on any atom is 2.00 e. The van der Waals surface area contributed by atoms with Gasteiger partial charge >= 0.3 is 19.5 Å². The molecule has 0 amide bonds. The topological polar surface area (TPSA) is 25.8 Å². The van der Waals surface area contributed by atoms with E-state index in [1.54, 1.807) is 12.4 Å². The van der Waals surface area contributed by atoms with E-state index >= 15 is 0 Å². The van der Waals surface area contributed by atoms with Crippen molar-refractivity contribution in [3.63, 3.8) is 0 Å². The maximum absolute atomic E-state index is 4.19. The summed E-state index contributed by atoms with van der Waals surface area (Å²) in [5.41, 5.74) is 1.83. The van der Waals surface area contributed by atoms with Gasteiger partial charge in [0.1, 0.15) is 0 Å². The normalized spacial score (nSPS) is 8.92. The van der Waals surface area contributed by atoms with Crippen molar-refractivity contribution >= 4 is 0 Å². The molecule has 0 N–H and O–H groups in total. The fourth-order valence-electron chi connectivity index (χ4n) is 1.03. The third kappa shape index (κ3) is 2.43. The molecule has 1 radical (unpaired) electrons. The Hall–Kier alpha value is -1.08. The first-order valence-corrected chi connectivity index (χ1v) is 3.79. The van der Waals surface area contributed by atoms with Gasteiger partial charge in [0.2, 0.25) is 0 Å². The van der Waals surface area contributed by atoms with Crippen LogP contribution in [0, 0.1) is 0 Å². The molecule has 2 aromatic heterocycles. The van der Waals surface area contributed by atoms with Crippen molar-refractivity contribution in [2.75, 3.05) is 0 Å². The predicted molar refractivity (Wildman–Crippen MR) is 47.5 cm³/mol. The van der Waals surface area contributed by atoms with E-state index in [4.69, 9.17) is 0 Å². The van der Waals surface area contributed by atoms with Crippen LogP contribution in [0.1, 0.15) is 0 Å². The van der Waals surface area contributed by atoms with Crippen molar-refractivity contribution in [3.05, 3.63) is 48.8 Å². The molecule has 2 rings (SSSR count). The molecule has 0 aromatic carbocycles. The third-order valence-electron chi connectivity index (χ3n) is 1.59. The molecule has 13 heavy (non-hydrogen) atoms. The number of rotatable bonds is 1. The summed E-state index contributed by atoms with van der Waals surface area (Å²) >= 11 is 0. The zero-order valence-corrected chi connectivity index (χ0v) is 8.49. The van der Waals surface area contributed by atoms with Gasteiger partial charge in [-0.25, -0.2) is 0 Å². The number of hydrogen-bond acceptors (Lipinski definition) is 2. The molecule has 2 heterocycles. The Morgan fingerprint density at radius 1 is 0.692 bits per heavy atom. The zero-order chi connectivity index (χ0) is 8.23. The van der Waals surface area contributed by atoms with Gasteiger partial charge < -0.3 is 0 Å². The molecule has 0 saturated carbocycles. The summed E-state index contributed by atoms with van der Waals surface area (Å²) in [6, 6.07) is 11.6. The van der Waals surface area contributed by atoms with E-state index in [0.717, 1.165) is 11.4 Å². The number of nitrogens with zero attached hydrogens (tertiary/aromatic N) is 2. The minimum Gasteiger partial charge on any atom is -0.255 e. The van der Waals surface area contributed by atoms with Crippen LogP contribution in [0.4, 0.5) is 0 Å². The van der Waals surface area contributed by atoms with Gasteiger partial charge in [0.25, 0.3) is 0 Å². The summed E-state index contributed by atoms with van der Waals surface area (Å²) in [7, 11) is 0. The second-order valence-electron chi connectivity index (χ2n) is 2.43. The molecule has 2 nitrogen and oxygen atoms in total. The summed E-state index contributed by atoms with van der Waals surface area (Å²) in [4.78, 5) is 8.37. The van der Waals surface area contributed by atoms with Crippen molar-refractivity contribution in [3.8, 4) is 11.4 Å². The Kier molecular flexibility index (Phi) is 3.72. The van der Waals surface area contributed by atoms with E-state index in [1.807, 2.05) is 36.4 Å². The molecule has 0 bridgehead atoms. The maximum atomic E-state index is 4.19. The van der Waals surface area contributed by atoms with Crippen LogP contribution < -0.4 is 0 Å². The Labute approximate surface area is 89.8 Å². The van der Waals surface area contributed by atoms with E-state index in [9.17, 15) is 0 Å². The Morgan fingerprint density at radius 3 is 1.46 bits per heavy atom. The Bertz CT molecular complexity index is 310. The molecule has 0 spiro atoms. The van der Waals surface area contributed by atoms with Crippen molar-refractivity contribution in [1.29, 1.82) is 0 Å². The zero-order valence-electron chi connectivity index (χ0n) is 6.85. The smallest absolute Gasteiger partial charge is 0.255 e.